The summed E-state index contributed by atoms with van der Waals surface area (Å²) in [6, 6.07) is 2.89. The molecule has 3 N–H and O–H groups in total. The van der Waals surface area contributed by atoms with Crippen LogP contribution < -0.4 is 16.3 Å². The first-order chi connectivity index (χ1) is 15.3. The van der Waals surface area contributed by atoms with Crippen LogP contribution in [-0.4, -0.2) is 31.7 Å². The number of carbonyl (C=O) groups excluding carboxylic acids is 1. The van der Waals surface area contributed by atoms with E-state index >= 15 is 0 Å². The van der Waals surface area contributed by atoms with E-state index < -0.39 is 39.8 Å². The molecular weight excluding hydrogens is 424 g/mol. The van der Waals surface area contributed by atoms with Gasteiger partial charge in [-0.1, -0.05) is 18.9 Å². The summed E-state index contributed by atoms with van der Waals surface area (Å²) in [6.07, 6.45) is 7.05. The Labute approximate surface area is 181 Å². The van der Waals surface area contributed by atoms with Crippen molar-refractivity contribution in [2.75, 3.05) is 6.61 Å². The molecule has 0 fully saturated rings. The fraction of sp³-hybridized carbons (Fsp3) is 0.318. The number of hydrogen-bond donors (Lipinski definition) is 3. The molecule has 0 saturated heterocycles. The van der Waals surface area contributed by atoms with E-state index in [2.05, 4.69) is 5.32 Å². The predicted octanol–water partition coefficient (Wildman–Crippen LogP) is 1.93. The molecular formula is C22H23F2N3O5. The van der Waals surface area contributed by atoms with Crippen LogP contribution in [0.1, 0.15) is 41.6 Å². The average Bonchev–Trinajstić information content (AvgIpc) is 2.76. The quantitative estimate of drug-likeness (QED) is 0.434. The van der Waals surface area contributed by atoms with Crippen LogP contribution in [0.3, 0.4) is 0 Å². The van der Waals surface area contributed by atoms with E-state index in [4.69, 9.17) is 5.11 Å². The van der Waals surface area contributed by atoms with Gasteiger partial charge in [-0.15, -0.1) is 0 Å². The second-order valence-corrected chi connectivity index (χ2v) is 7.33. The van der Waals surface area contributed by atoms with E-state index in [1.165, 1.54) is 27.4 Å². The highest BCUT2D eigenvalue weighted by molar-refractivity contribution is 5.94. The number of aromatic hydroxyl groups is 1. The Bertz CT molecular complexity index is 1250. The van der Waals surface area contributed by atoms with Crippen LogP contribution in [0.4, 0.5) is 8.78 Å². The lowest BCUT2D eigenvalue weighted by atomic mass is 10.2. The molecule has 0 spiro atoms. The number of pyridine rings is 1. The highest BCUT2D eigenvalue weighted by atomic mass is 19.1. The summed E-state index contributed by atoms with van der Waals surface area (Å²) in [5.74, 6) is -3.34. The number of hydrogen-bond acceptors (Lipinski definition) is 5. The molecule has 0 aliphatic heterocycles. The molecule has 3 rings (SSSR count). The monoisotopic (exact) mass is 447 g/mol. The standard InChI is InChI=1S/C22H23F2N3O5/c23-15-6-5-14(17(24)11-15)12-25-21(31)16-13-27-9-8-26(7-3-1-2-4-10-28)22(32)18(27)20(30)19(16)29/h5-6,8-9,11,13,28,30H,1-4,7,10,12H2,(H,25,31). The zero-order valence-electron chi connectivity index (χ0n) is 17.2. The lowest BCUT2D eigenvalue weighted by Crippen LogP contribution is -2.31. The normalized spacial score (nSPS) is 11.1. The SMILES string of the molecule is O=C(NCc1ccc(F)cc1F)c1cn2ccn(CCCCCCO)c(=O)c2c(O)c1=O. The summed E-state index contributed by atoms with van der Waals surface area (Å²) in [5, 5.41) is 21.5. The Kier molecular flexibility index (Phi) is 7.37. The summed E-state index contributed by atoms with van der Waals surface area (Å²) in [7, 11) is 0. The van der Waals surface area contributed by atoms with Crippen LogP contribution in [-0.2, 0) is 13.1 Å². The number of fused-ring (bicyclic) bond motifs is 1. The van der Waals surface area contributed by atoms with Crippen LogP contribution in [0.2, 0.25) is 0 Å². The highest BCUT2D eigenvalue weighted by Gasteiger charge is 2.19. The second-order valence-electron chi connectivity index (χ2n) is 7.33. The van der Waals surface area contributed by atoms with Crippen molar-refractivity contribution in [1.82, 2.24) is 14.3 Å². The number of carbonyl (C=O) groups is 1. The van der Waals surface area contributed by atoms with E-state index in [0.717, 1.165) is 25.1 Å². The Balaban J connectivity index is 1.82. The lowest BCUT2D eigenvalue weighted by Gasteiger charge is -2.11. The topological polar surface area (TPSA) is 113 Å². The number of benzene rings is 1. The first-order valence-electron chi connectivity index (χ1n) is 10.1. The number of amides is 1. The molecule has 0 radical (unpaired) electrons. The van der Waals surface area contributed by atoms with Crippen molar-refractivity contribution in [3.05, 3.63) is 80.1 Å². The first kappa shape index (κ1) is 23.1. The minimum Gasteiger partial charge on any atom is -0.503 e. The smallest absolute Gasteiger partial charge is 0.278 e. The predicted molar refractivity (Wildman–Crippen MR) is 113 cm³/mol. The molecule has 8 nitrogen and oxygen atoms in total. The molecule has 1 amide bonds. The molecule has 10 heteroatoms. The van der Waals surface area contributed by atoms with Crippen LogP contribution in [0, 0.1) is 11.6 Å². The Morgan fingerprint density at radius 2 is 1.81 bits per heavy atom. The molecule has 2 heterocycles. The van der Waals surface area contributed by atoms with Crippen LogP contribution in [0.15, 0.2) is 46.4 Å². The maximum atomic E-state index is 13.7. The Morgan fingerprint density at radius 3 is 2.53 bits per heavy atom. The Morgan fingerprint density at radius 1 is 1.06 bits per heavy atom. The van der Waals surface area contributed by atoms with E-state index in [1.54, 1.807) is 0 Å². The van der Waals surface area contributed by atoms with E-state index in [9.17, 15) is 28.3 Å². The zero-order chi connectivity index (χ0) is 23.3. The van der Waals surface area contributed by atoms with E-state index in [1.807, 2.05) is 0 Å². The molecule has 2 aromatic heterocycles. The number of nitrogens with one attached hydrogen (secondary N) is 1. The van der Waals surface area contributed by atoms with Crippen molar-refractivity contribution < 1.29 is 23.8 Å². The molecule has 3 aromatic rings. The zero-order valence-corrected chi connectivity index (χ0v) is 17.2. The van der Waals surface area contributed by atoms with Gasteiger partial charge in [0.25, 0.3) is 11.5 Å². The minimum absolute atomic E-state index is 0.0201. The molecule has 1 aromatic carbocycles. The molecule has 170 valence electrons. The summed E-state index contributed by atoms with van der Waals surface area (Å²) in [5.41, 5.74) is -2.27. The number of aromatic nitrogens is 2. The van der Waals surface area contributed by atoms with Gasteiger partial charge in [0.1, 0.15) is 17.2 Å². The van der Waals surface area contributed by atoms with Gasteiger partial charge in [-0.3, -0.25) is 14.4 Å². The van der Waals surface area contributed by atoms with Crippen LogP contribution >= 0.6 is 0 Å². The fourth-order valence-electron chi connectivity index (χ4n) is 3.33. The molecule has 32 heavy (non-hydrogen) atoms. The van der Waals surface area contributed by atoms with Gasteiger partial charge in [0.2, 0.25) is 5.43 Å². The maximum Gasteiger partial charge on any atom is 0.278 e. The molecule has 0 atom stereocenters. The minimum atomic E-state index is -1.03. The maximum absolute atomic E-state index is 13.7. The third kappa shape index (κ3) is 5.02. The van der Waals surface area contributed by atoms with Crippen molar-refractivity contribution in [2.45, 2.75) is 38.8 Å². The molecule has 0 aliphatic rings. The first-order valence-corrected chi connectivity index (χ1v) is 10.1. The van der Waals surface area contributed by atoms with Gasteiger partial charge < -0.3 is 24.5 Å². The average molecular weight is 447 g/mol. The summed E-state index contributed by atoms with van der Waals surface area (Å²) >= 11 is 0. The molecule has 0 bridgehead atoms. The van der Waals surface area contributed by atoms with Crippen molar-refractivity contribution >= 4 is 11.4 Å². The van der Waals surface area contributed by atoms with Gasteiger partial charge >= 0.3 is 0 Å². The molecule has 0 aliphatic carbocycles. The third-order valence-corrected chi connectivity index (χ3v) is 5.09. The van der Waals surface area contributed by atoms with Gasteiger partial charge in [-0.05, 0) is 18.9 Å². The van der Waals surface area contributed by atoms with Gasteiger partial charge in [0.05, 0.1) is 0 Å². The van der Waals surface area contributed by atoms with Gasteiger partial charge in [-0.25, -0.2) is 8.78 Å². The molecule has 0 saturated carbocycles. The third-order valence-electron chi connectivity index (χ3n) is 5.09. The van der Waals surface area contributed by atoms with Gasteiger partial charge in [0, 0.05) is 49.9 Å². The Hall–Kier alpha value is -3.53. The van der Waals surface area contributed by atoms with E-state index in [-0.39, 0.29) is 24.2 Å². The van der Waals surface area contributed by atoms with Crippen molar-refractivity contribution in [3.8, 4) is 5.75 Å². The van der Waals surface area contributed by atoms with Crippen molar-refractivity contribution in [1.29, 1.82) is 0 Å². The molecule has 0 unspecified atom stereocenters. The van der Waals surface area contributed by atoms with Crippen LogP contribution in [0.25, 0.3) is 5.52 Å². The number of halogens is 2. The second kappa shape index (κ2) is 10.2. The number of aliphatic hydroxyl groups is 1. The summed E-state index contributed by atoms with van der Waals surface area (Å²) < 4.78 is 29.3. The largest absolute Gasteiger partial charge is 0.503 e. The van der Waals surface area contributed by atoms with Crippen LogP contribution in [0.5, 0.6) is 5.75 Å². The van der Waals surface area contributed by atoms with Gasteiger partial charge in [-0.2, -0.15) is 0 Å². The number of aryl methyl sites for hydroxylation is 1. The number of unbranched alkanes of at least 4 members (excludes halogenated alkanes) is 3. The van der Waals surface area contributed by atoms with Crippen molar-refractivity contribution in [3.63, 3.8) is 0 Å². The van der Waals surface area contributed by atoms with Gasteiger partial charge in [0.15, 0.2) is 11.3 Å². The number of nitrogens with zero attached hydrogens (tertiary/aromatic N) is 2. The number of aliphatic hydroxyl groups excluding tert-OH is 1. The lowest BCUT2D eigenvalue weighted by molar-refractivity contribution is 0.0948. The number of rotatable bonds is 9. The van der Waals surface area contributed by atoms with Crippen molar-refractivity contribution in [2.24, 2.45) is 0 Å². The summed E-state index contributed by atoms with van der Waals surface area (Å²) in [6.45, 7) is 0.188. The van der Waals surface area contributed by atoms with E-state index in [0.29, 0.717) is 25.5 Å². The highest BCUT2D eigenvalue weighted by Crippen LogP contribution is 2.13. The fourth-order valence-corrected chi connectivity index (χ4v) is 3.33. The summed E-state index contributed by atoms with van der Waals surface area (Å²) in [4.78, 5) is 37.7.